The van der Waals surface area contributed by atoms with Gasteiger partial charge in [0.1, 0.15) is 0 Å². The number of alkyl halides is 8. The number of rotatable bonds is 0. The van der Waals surface area contributed by atoms with Crippen LogP contribution < -0.4 is 0 Å². The molecule has 58 valence electrons. The van der Waals surface area contributed by atoms with E-state index in [1.165, 1.54) is 0 Å². The summed E-state index contributed by atoms with van der Waals surface area (Å²) < 4.78 is 61.7. The molecule has 0 bridgehead atoms. The van der Waals surface area contributed by atoms with Crippen LogP contribution >= 0.6 is 21.0 Å². The SMILES string of the molecule is [3H]I(C(F)(F)F)C(F)(F)F. The molecule has 0 atom stereocenters. The Labute approximate surface area is 56.9 Å². The molecule has 0 rings (SSSR count). The Morgan fingerprint density at radius 3 is 1.11 bits per heavy atom. The Morgan fingerprint density at radius 1 is 0.889 bits per heavy atom. The quantitative estimate of drug-likeness (QED) is 0.360. The van der Waals surface area contributed by atoms with Gasteiger partial charge in [-0.05, 0) is 0 Å². The molecule has 9 heavy (non-hydrogen) atoms. The summed E-state index contributed by atoms with van der Waals surface area (Å²) in [5.74, 6) is 0. The van der Waals surface area contributed by atoms with E-state index in [0.717, 1.165) is 0 Å². The van der Waals surface area contributed by atoms with Gasteiger partial charge in [-0.3, -0.25) is 0 Å². The van der Waals surface area contributed by atoms with Gasteiger partial charge in [-0.25, -0.2) is 0 Å². The molecule has 0 nitrogen and oxygen atoms in total. The van der Waals surface area contributed by atoms with Crippen molar-refractivity contribution in [3.63, 3.8) is 0 Å². The van der Waals surface area contributed by atoms with E-state index in [2.05, 4.69) is 0 Å². The Kier molecular flexibility index (Phi) is 2.07. The Morgan fingerprint density at radius 2 is 1.11 bits per heavy atom. The second-order valence-corrected chi connectivity index (χ2v) is 3.94. The molecular formula is C2HF6I. The van der Waals surface area contributed by atoms with Gasteiger partial charge < -0.3 is 0 Å². The minimum absolute atomic E-state index is 5.36. The van der Waals surface area contributed by atoms with Crippen molar-refractivity contribution < 1.29 is 26.3 Å². The second-order valence-electron chi connectivity index (χ2n) is 0.952. The van der Waals surface area contributed by atoms with Crippen LogP contribution in [-0.4, -0.2) is 8.96 Å². The van der Waals surface area contributed by atoms with Crippen LogP contribution in [0.1, 0.15) is 0 Å². The Bertz CT molecular complexity index is 99.9. The van der Waals surface area contributed by atoms with Crippen LogP contribution in [0.5, 0.6) is 0 Å². The van der Waals surface area contributed by atoms with E-state index >= 15 is 0 Å². The van der Waals surface area contributed by atoms with E-state index in [1.54, 1.807) is 0 Å². The third kappa shape index (κ3) is 8.31. The predicted molar refractivity (Wildman–Crippen MR) is 27.5 cm³/mol. The van der Waals surface area contributed by atoms with E-state index in [9.17, 15) is 26.3 Å². The molecule has 0 saturated heterocycles. The molecule has 0 amide bonds. The number of hydrogen-bond acceptors (Lipinski definition) is 0. The maximum atomic E-state index is 11.1. The number of halogens is 7. The maximum absolute atomic E-state index is 11.1. The van der Waals surface area contributed by atoms with Crippen molar-refractivity contribution in [2.75, 3.05) is 0 Å². The Balaban J connectivity index is 4.23. The number of hydrogen-bond donors (Lipinski definition) is 0. The van der Waals surface area contributed by atoms with Crippen LogP contribution in [0.15, 0.2) is 0 Å². The zero-order valence-corrected chi connectivity index (χ0v) is 5.80. The van der Waals surface area contributed by atoms with Crippen LogP contribution in [0.4, 0.5) is 26.3 Å². The summed E-state index contributed by atoms with van der Waals surface area (Å²) in [5, 5.41) is 0. The monoisotopic (exact) mass is 268 g/mol. The third-order valence-corrected chi connectivity index (χ3v) is 1.44. The van der Waals surface area contributed by atoms with E-state index < -0.39 is 29.4 Å². The van der Waals surface area contributed by atoms with Gasteiger partial charge in [0.05, 0.1) is 0 Å². The summed E-state index contributed by atoms with van der Waals surface area (Å²) >= 11 is -5.50. The van der Waals surface area contributed by atoms with Crippen LogP contribution in [0.2, 0.25) is 0 Å². The van der Waals surface area contributed by atoms with Gasteiger partial charge in [-0.15, -0.1) is 0 Å². The summed E-state index contributed by atoms with van der Waals surface area (Å²) in [6.45, 7) is 0. The molecule has 0 aromatic carbocycles. The zero-order chi connectivity index (χ0) is 8.58. The van der Waals surface area contributed by atoms with Gasteiger partial charge in [0.2, 0.25) is 0 Å². The van der Waals surface area contributed by atoms with Crippen molar-refractivity contribution in [2.45, 2.75) is 8.37 Å². The molecule has 0 aliphatic heterocycles. The van der Waals surface area contributed by atoms with Crippen molar-refractivity contribution in [1.29, 1.82) is 0.594 Å². The van der Waals surface area contributed by atoms with Crippen molar-refractivity contribution in [3.05, 3.63) is 0 Å². The average Bonchev–Trinajstić information content (AvgIpc) is 1.59. The van der Waals surface area contributed by atoms with Crippen molar-refractivity contribution in [2.24, 2.45) is 0 Å². The summed E-state index contributed by atoms with van der Waals surface area (Å²) in [6, 6.07) is 0. The fourth-order valence-corrected chi connectivity index (χ4v) is 0.815. The van der Waals surface area contributed by atoms with Crippen LogP contribution in [0.3, 0.4) is 0 Å². The van der Waals surface area contributed by atoms with E-state index in [0.29, 0.717) is 0 Å². The minimum atomic E-state index is -5.50. The van der Waals surface area contributed by atoms with Crippen molar-refractivity contribution in [1.82, 2.24) is 0 Å². The molecule has 0 heterocycles. The second kappa shape index (κ2) is 2.51. The topological polar surface area (TPSA) is 0 Å². The van der Waals surface area contributed by atoms with Gasteiger partial charge in [-0.1, -0.05) is 0 Å². The first-order valence-corrected chi connectivity index (χ1v) is 3.67. The fourth-order valence-electron chi connectivity index (χ4n) is 0.121. The van der Waals surface area contributed by atoms with Gasteiger partial charge in [0.25, 0.3) is 0 Å². The summed E-state index contributed by atoms with van der Waals surface area (Å²) in [5.41, 5.74) is 0. The zero-order valence-electron chi connectivity index (χ0n) is 4.65. The summed E-state index contributed by atoms with van der Waals surface area (Å²) in [6.07, 6.45) is 0. The fraction of sp³-hybridized carbons (Fsp3) is 1.00. The molecule has 0 aliphatic carbocycles. The molecule has 0 aromatic heterocycles. The molecule has 0 fully saturated rings. The molecule has 0 spiro atoms. The van der Waals surface area contributed by atoms with Gasteiger partial charge in [0, 0.05) is 0 Å². The van der Waals surface area contributed by atoms with Crippen LogP contribution in [-0.2, 0) is 0 Å². The summed E-state index contributed by atoms with van der Waals surface area (Å²) in [7, 11) is 0. The predicted octanol–water partition coefficient (Wildman–Crippen LogP) is 2.73. The van der Waals surface area contributed by atoms with Gasteiger partial charge in [-0.2, -0.15) is 0 Å². The van der Waals surface area contributed by atoms with E-state index in [-0.39, 0.29) is 0 Å². The Hall–Kier alpha value is 0.310. The molecule has 0 saturated carbocycles. The van der Waals surface area contributed by atoms with Crippen LogP contribution in [0.25, 0.3) is 0 Å². The van der Waals surface area contributed by atoms with E-state index in [4.69, 9.17) is 0.594 Å². The van der Waals surface area contributed by atoms with Gasteiger partial charge in [0.15, 0.2) is 0 Å². The van der Waals surface area contributed by atoms with Gasteiger partial charge >= 0.3 is 56.3 Å². The first-order valence-electron chi connectivity index (χ1n) is 1.89. The molecule has 0 radical (unpaired) electrons. The van der Waals surface area contributed by atoms with E-state index in [1.807, 2.05) is 0 Å². The molecule has 0 aromatic rings. The van der Waals surface area contributed by atoms with Crippen LogP contribution in [0, 0.1) is 0 Å². The first-order chi connectivity index (χ1) is 4.15. The molecule has 7 heteroatoms. The molecular weight excluding hydrogens is 265 g/mol. The standard InChI is InChI=1S/C2HF6I/c3-1(4,5)9-2(6,7)8/h9H/i9T. The first kappa shape index (κ1) is 7.42. The molecule has 0 N–H and O–H groups in total. The van der Waals surface area contributed by atoms with Crippen molar-refractivity contribution >= 4 is 21.0 Å². The molecule has 0 unspecified atom stereocenters. The van der Waals surface area contributed by atoms with Crippen molar-refractivity contribution in [3.8, 4) is 0 Å². The average molecular weight is 268 g/mol. The third-order valence-electron chi connectivity index (χ3n) is 0.214. The normalized spacial score (nSPS) is 17.1. The molecule has 0 aliphatic rings. The summed E-state index contributed by atoms with van der Waals surface area (Å²) in [4.78, 5) is 0.